The van der Waals surface area contributed by atoms with E-state index in [9.17, 15) is 9.18 Å². The minimum Gasteiger partial charge on any atom is -0.300 e. The van der Waals surface area contributed by atoms with Gasteiger partial charge in [-0.1, -0.05) is 41.9 Å². The van der Waals surface area contributed by atoms with Crippen molar-refractivity contribution < 1.29 is 9.18 Å². The maximum Gasteiger partial charge on any atom is 0.180 e. The van der Waals surface area contributed by atoms with Gasteiger partial charge < -0.3 is 0 Å². The Kier molecular flexibility index (Phi) is 4.45. The lowest BCUT2D eigenvalue weighted by Crippen LogP contribution is -1.98. The molecule has 1 atom stereocenters. The lowest BCUT2D eigenvalue weighted by atomic mass is 10.0. The molecule has 0 N–H and O–H groups in total. The van der Waals surface area contributed by atoms with Crippen molar-refractivity contribution in [1.29, 1.82) is 0 Å². The topological polar surface area (TPSA) is 17.1 Å². The Hall–Kier alpha value is -0.700. The van der Waals surface area contributed by atoms with Crippen molar-refractivity contribution in [2.24, 2.45) is 5.92 Å². The summed E-state index contributed by atoms with van der Waals surface area (Å²) in [7, 11) is 0. The highest BCUT2D eigenvalue weighted by Crippen LogP contribution is 2.25. The molecule has 0 aliphatic carbocycles. The third-order valence-corrected chi connectivity index (χ3v) is 2.88. The third-order valence-electron chi connectivity index (χ3n) is 2.14. The van der Waals surface area contributed by atoms with E-state index in [1.54, 1.807) is 12.1 Å². The first-order valence-corrected chi connectivity index (χ1v) is 5.71. The average molecular weight is 273 g/mol. The van der Waals surface area contributed by atoms with Crippen LogP contribution in [0.1, 0.15) is 31.1 Å². The third kappa shape index (κ3) is 3.42. The van der Waals surface area contributed by atoms with Gasteiger partial charge in [-0.15, -0.1) is 0 Å². The van der Waals surface area contributed by atoms with E-state index >= 15 is 0 Å². The maximum absolute atomic E-state index is 13.0. The molecular formula is C12H14BrFO. The van der Waals surface area contributed by atoms with E-state index in [4.69, 9.17) is 0 Å². The van der Waals surface area contributed by atoms with Gasteiger partial charge >= 0.3 is 0 Å². The van der Waals surface area contributed by atoms with Gasteiger partial charge in [-0.3, -0.25) is 4.79 Å². The van der Waals surface area contributed by atoms with E-state index in [-0.39, 0.29) is 0 Å². The van der Waals surface area contributed by atoms with Gasteiger partial charge in [0, 0.05) is 4.47 Å². The molecule has 0 heterocycles. The van der Waals surface area contributed by atoms with Crippen molar-refractivity contribution in [3.8, 4) is 0 Å². The second-order valence-corrected chi connectivity index (χ2v) is 4.84. The fourth-order valence-corrected chi connectivity index (χ4v) is 1.98. The van der Waals surface area contributed by atoms with Crippen LogP contribution in [-0.4, -0.2) is 6.29 Å². The van der Waals surface area contributed by atoms with Gasteiger partial charge in [0.15, 0.2) is 12.5 Å². The van der Waals surface area contributed by atoms with E-state index in [0.29, 0.717) is 17.8 Å². The number of halogens is 2. The summed E-state index contributed by atoms with van der Waals surface area (Å²) in [6.07, 6.45) is -0.266. The van der Waals surface area contributed by atoms with Gasteiger partial charge in [-0.25, -0.2) is 4.39 Å². The summed E-state index contributed by atoms with van der Waals surface area (Å²) < 4.78 is 13.9. The van der Waals surface area contributed by atoms with Crippen molar-refractivity contribution in [1.82, 2.24) is 0 Å². The summed E-state index contributed by atoms with van der Waals surface area (Å²) >= 11 is 3.39. The summed E-state index contributed by atoms with van der Waals surface area (Å²) in [5.41, 5.74) is 1.55. The van der Waals surface area contributed by atoms with Crippen molar-refractivity contribution in [3.05, 3.63) is 33.8 Å². The number of benzene rings is 1. The minimum atomic E-state index is -1.52. The van der Waals surface area contributed by atoms with Crippen LogP contribution in [0, 0.1) is 5.92 Å². The van der Waals surface area contributed by atoms with E-state index in [2.05, 4.69) is 29.8 Å². The Bertz CT molecular complexity index is 349. The highest BCUT2D eigenvalue weighted by Gasteiger charge is 2.10. The van der Waals surface area contributed by atoms with Crippen LogP contribution in [0.3, 0.4) is 0 Å². The van der Waals surface area contributed by atoms with E-state index in [0.717, 1.165) is 16.5 Å². The Morgan fingerprint density at radius 1 is 1.47 bits per heavy atom. The molecule has 0 fully saturated rings. The fourth-order valence-electron chi connectivity index (χ4n) is 1.42. The summed E-state index contributed by atoms with van der Waals surface area (Å²) in [4.78, 5) is 10.3. The molecule has 82 valence electrons. The summed E-state index contributed by atoms with van der Waals surface area (Å²) in [5, 5.41) is 0. The van der Waals surface area contributed by atoms with Crippen molar-refractivity contribution in [2.45, 2.75) is 26.4 Å². The Morgan fingerprint density at radius 3 is 2.60 bits per heavy atom. The monoisotopic (exact) mass is 272 g/mol. The largest absolute Gasteiger partial charge is 0.300 e. The number of carbonyl (C=O) groups is 1. The molecular weight excluding hydrogens is 259 g/mol. The molecule has 0 saturated heterocycles. The van der Waals surface area contributed by atoms with Crippen LogP contribution in [0.5, 0.6) is 0 Å². The molecule has 1 rings (SSSR count). The highest BCUT2D eigenvalue weighted by atomic mass is 79.9. The van der Waals surface area contributed by atoms with Crippen LogP contribution < -0.4 is 0 Å². The quantitative estimate of drug-likeness (QED) is 0.761. The predicted octanol–water partition coefficient (Wildman–Crippen LogP) is 3.86. The first-order chi connectivity index (χ1) is 7.04. The standard InChI is InChI=1S/C12H14BrFO/c1-8(2)5-9-3-4-10(6-11(9)13)12(14)7-15/h3-4,6-8,12H,5H2,1-2H3. The van der Waals surface area contributed by atoms with Gasteiger partial charge in [0.05, 0.1) is 0 Å². The minimum absolute atomic E-state index is 0.309. The van der Waals surface area contributed by atoms with Gasteiger partial charge in [-0.2, -0.15) is 0 Å². The molecule has 0 aliphatic heterocycles. The van der Waals surface area contributed by atoms with Gasteiger partial charge in [0.25, 0.3) is 0 Å². The first-order valence-electron chi connectivity index (χ1n) is 4.92. The molecule has 1 nitrogen and oxygen atoms in total. The lowest BCUT2D eigenvalue weighted by molar-refractivity contribution is -0.112. The molecule has 1 aromatic rings. The Balaban J connectivity index is 2.92. The molecule has 0 saturated carbocycles. The fraction of sp³-hybridized carbons (Fsp3) is 0.417. The van der Waals surface area contributed by atoms with Crippen LogP contribution in [-0.2, 0) is 11.2 Å². The normalized spacial score (nSPS) is 12.9. The van der Waals surface area contributed by atoms with Crippen molar-refractivity contribution in [3.63, 3.8) is 0 Å². The van der Waals surface area contributed by atoms with Crippen molar-refractivity contribution >= 4 is 22.2 Å². The highest BCUT2D eigenvalue weighted by molar-refractivity contribution is 9.10. The number of rotatable bonds is 4. The van der Waals surface area contributed by atoms with Gasteiger partial charge in [0.1, 0.15) is 0 Å². The van der Waals surface area contributed by atoms with Crippen LogP contribution in [0.25, 0.3) is 0 Å². The van der Waals surface area contributed by atoms with E-state index < -0.39 is 6.17 Å². The van der Waals surface area contributed by atoms with E-state index in [1.807, 2.05) is 6.07 Å². The number of aldehydes is 1. The predicted molar refractivity (Wildman–Crippen MR) is 62.6 cm³/mol. The van der Waals surface area contributed by atoms with Crippen LogP contribution in [0.2, 0.25) is 0 Å². The van der Waals surface area contributed by atoms with E-state index in [1.165, 1.54) is 0 Å². The molecule has 0 spiro atoms. The molecule has 3 heteroatoms. The van der Waals surface area contributed by atoms with Gasteiger partial charge in [0.2, 0.25) is 0 Å². The maximum atomic E-state index is 13.0. The van der Waals surface area contributed by atoms with Crippen LogP contribution in [0.4, 0.5) is 4.39 Å². The molecule has 0 amide bonds. The Labute approximate surface area is 97.8 Å². The zero-order valence-electron chi connectivity index (χ0n) is 8.84. The molecule has 0 aromatic heterocycles. The van der Waals surface area contributed by atoms with Crippen LogP contribution in [0.15, 0.2) is 22.7 Å². The second-order valence-electron chi connectivity index (χ2n) is 3.99. The van der Waals surface area contributed by atoms with Crippen LogP contribution >= 0.6 is 15.9 Å². The smallest absolute Gasteiger partial charge is 0.180 e. The molecule has 0 aliphatic rings. The van der Waals surface area contributed by atoms with Crippen molar-refractivity contribution in [2.75, 3.05) is 0 Å². The number of hydrogen-bond acceptors (Lipinski definition) is 1. The Morgan fingerprint density at radius 2 is 2.13 bits per heavy atom. The zero-order chi connectivity index (χ0) is 11.4. The number of carbonyl (C=O) groups excluding carboxylic acids is 1. The molecule has 1 unspecified atom stereocenters. The summed E-state index contributed by atoms with van der Waals surface area (Å²) in [6, 6.07) is 5.22. The molecule has 0 bridgehead atoms. The molecule has 0 radical (unpaired) electrons. The SMILES string of the molecule is CC(C)Cc1ccc(C(F)C=O)cc1Br. The zero-order valence-corrected chi connectivity index (χ0v) is 10.4. The molecule has 1 aromatic carbocycles. The number of alkyl halides is 1. The summed E-state index contributed by atoms with van der Waals surface area (Å²) in [6.45, 7) is 4.26. The van der Waals surface area contributed by atoms with Gasteiger partial charge in [-0.05, 0) is 29.5 Å². The summed E-state index contributed by atoms with van der Waals surface area (Å²) in [5.74, 6) is 0.555. The average Bonchev–Trinajstić information content (AvgIpc) is 2.19. The second kappa shape index (κ2) is 5.40. The molecule has 15 heavy (non-hydrogen) atoms. The first kappa shape index (κ1) is 12.4. The lowest BCUT2D eigenvalue weighted by Gasteiger charge is -2.09. The number of hydrogen-bond donors (Lipinski definition) is 0.